The van der Waals surface area contributed by atoms with Crippen molar-refractivity contribution in [3.05, 3.63) is 35.5 Å². The maximum Gasteiger partial charge on any atom is 0.431 e. The SMILES string of the molecule is CC(=O)c1cccc2cc(C(F)(F)F)[nH]c12. The van der Waals surface area contributed by atoms with Crippen LogP contribution in [0.25, 0.3) is 10.9 Å². The zero-order valence-corrected chi connectivity index (χ0v) is 8.35. The summed E-state index contributed by atoms with van der Waals surface area (Å²) in [5.41, 5.74) is -0.327. The van der Waals surface area contributed by atoms with E-state index >= 15 is 0 Å². The van der Waals surface area contributed by atoms with Crippen LogP contribution in [0.1, 0.15) is 23.0 Å². The topological polar surface area (TPSA) is 32.9 Å². The molecule has 1 aromatic heterocycles. The lowest BCUT2D eigenvalue weighted by Crippen LogP contribution is -2.04. The quantitative estimate of drug-likeness (QED) is 0.744. The van der Waals surface area contributed by atoms with Gasteiger partial charge in [0.15, 0.2) is 5.78 Å². The molecule has 0 saturated carbocycles. The molecular formula is C11H8F3NO. The van der Waals surface area contributed by atoms with Crippen LogP contribution in [0, 0.1) is 0 Å². The smallest absolute Gasteiger partial charge is 0.350 e. The fraction of sp³-hybridized carbons (Fsp3) is 0.182. The van der Waals surface area contributed by atoms with Gasteiger partial charge in [-0.2, -0.15) is 13.2 Å². The Kier molecular flexibility index (Phi) is 2.26. The first-order chi connectivity index (χ1) is 7.39. The van der Waals surface area contributed by atoms with Crippen molar-refractivity contribution in [1.29, 1.82) is 0 Å². The van der Waals surface area contributed by atoms with Crippen molar-refractivity contribution < 1.29 is 18.0 Å². The van der Waals surface area contributed by atoms with Gasteiger partial charge in [0.05, 0.1) is 5.52 Å². The van der Waals surface area contributed by atoms with E-state index in [4.69, 9.17) is 0 Å². The fourth-order valence-corrected chi connectivity index (χ4v) is 1.60. The minimum Gasteiger partial charge on any atom is -0.350 e. The largest absolute Gasteiger partial charge is 0.431 e. The van der Waals surface area contributed by atoms with Crippen LogP contribution >= 0.6 is 0 Å². The van der Waals surface area contributed by atoms with Crippen LogP contribution in [0.15, 0.2) is 24.3 Å². The maximum absolute atomic E-state index is 12.4. The molecule has 1 aromatic carbocycles. The van der Waals surface area contributed by atoms with E-state index < -0.39 is 11.9 Å². The summed E-state index contributed by atoms with van der Waals surface area (Å²) in [4.78, 5) is 13.5. The summed E-state index contributed by atoms with van der Waals surface area (Å²) >= 11 is 0. The molecule has 0 saturated heterocycles. The number of rotatable bonds is 1. The van der Waals surface area contributed by atoms with E-state index in [2.05, 4.69) is 4.98 Å². The number of aromatic amines is 1. The van der Waals surface area contributed by atoms with Crippen LogP contribution in [0.3, 0.4) is 0 Å². The standard InChI is InChI=1S/C11H8F3NO/c1-6(16)8-4-2-3-7-5-9(11(12,13)14)15-10(7)8/h2-5,15H,1H3. The van der Waals surface area contributed by atoms with E-state index in [1.54, 1.807) is 6.07 Å². The van der Waals surface area contributed by atoms with Crippen molar-refractivity contribution in [2.75, 3.05) is 0 Å². The molecule has 0 unspecified atom stereocenters. The predicted octanol–water partition coefficient (Wildman–Crippen LogP) is 3.39. The Morgan fingerprint density at radius 1 is 1.31 bits per heavy atom. The number of benzene rings is 1. The minimum absolute atomic E-state index is 0.238. The number of alkyl halides is 3. The highest BCUT2D eigenvalue weighted by molar-refractivity contribution is 6.05. The Hall–Kier alpha value is -1.78. The lowest BCUT2D eigenvalue weighted by Gasteiger charge is -2.01. The molecule has 0 amide bonds. The van der Waals surface area contributed by atoms with E-state index in [9.17, 15) is 18.0 Å². The number of H-pyrrole nitrogens is 1. The predicted molar refractivity (Wildman–Crippen MR) is 53.3 cm³/mol. The molecule has 0 aliphatic carbocycles. The Bertz CT molecular complexity index is 554. The second-order valence-electron chi connectivity index (χ2n) is 3.51. The summed E-state index contributed by atoms with van der Waals surface area (Å²) in [5.74, 6) is -0.263. The van der Waals surface area contributed by atoms with Gasteiger partial charge in [0.1, 0.15) is 5.69 Å². The Labute approximate surface area is 89.1 Å². The van der Waals surface area contributed by atoms with Gasteiger partial charge in [-0.3, -0.25) is 4.79 Å². The number of hydrogen-bond donors (Lipinski definition) is 1. The van der Waals surface area contributed by atoms with Crippen molar-refractivity contribution in [1.82, 2.24) is 4.98 Å². The van der Waals surface area contributed by atoms with Crippen molar-refractivity contribution in [2.24, 2.45) is 0 Å². The molecule has 1 N–H and O–H groups in total. The Morgan fingerprint density at radius 3 is 2.56 bits per heavy atom. The van der Waals surface area contributed by atoms with Gasteiger partial charge in [-0.15, -0.1) is 0 Å². The monoisotopic (exact) mass is 227 g/mol. The van der Waals surface area contributed by atoms with Crippen molar-refractivity contribution in [3.8, 4) is 0 Å². The average molecular weight is 227 g/mol. The summed E-state index contributed by atoms with van der Waals surface area (Å²) in [6, 6.07) is 5.60. The van der Waals surface area contributed by atoms with Crippen molar-refractivity contribution >= 4 is 16.7 Å². The molecule has 0 atom stereocenters. The van der Waals surface area contributed by atoms with Gasteiger partial charge in [0.25, 0.3) is 0 Å². The van der Waals surface area contributed by atoms with Crippen molar-refractivity contribution in [2.45, 2.75) is 13.1 Å². The average Bonchev–Trinajstić information content (AvgIpc) is 2.59. The van der Waals surface area contributed by atoms with Gasteiger partial charge in [-0.05, 0) is 19.1 Å². The first-order valence-corrected chi connectivity index (χ1v) is 4.59. The lowest BCUT2D eigenvalue weighted by molar-refractivity contribution is -0.140. The molecule has 1 heterocycles. The number of fused-ring (bicyclic) bond motifs is 1. The molecule has 0 spiro atoms. The van der Waals surface area contributed by atoms with Gasteiger partial charge >= 0.3 is 6.18 Å². The van der Waals surface area contributed by atoms with Crippen molar-refractivity contribution in [3.63, 3.8) is 0 Å². The van der Waals surface area contributed by atoms with Gasteiger partial charge in [-0.25, -0.2) is 0 Å². The third-order valence-electron chi connectivity index (χ3n) is 2.34. The van der Waals surface area contributed by atoms with Crippen LogP contribution < -0.4 is 0 Å². The molecule has 0 bridgehead atoms. The number of para-hydroxylation sites is 1. The van der Waals surface area contributed by atoms with E-state index in [1.807, 2.05) is 0 Å². The van der Waals surface area contributed by atoms with Crippen LogP contribution in [-0.2, 0) is 6.18 Å². The number of hydrogen-bond acceptors (Lipinski definition) is 1. The summed E-state index contributed by atoms with van der Waals surface area (Å²) in [7, 11) is 0. The molecule has 0 radical (unpaired) electrons. The minimum atomic E-state index is -4.42. The lowest BCUT2D eigenvalue weighted by atomic mass is 10.1. The molecule has 84 valence electrons. The molecular weight excluding hydrogens is 219 g/mol. The number of Topliss-reactive ketones (excluding diaryl/α,β-unsaturated/α-hetero) is 1. The van der Waals surface area contributed by atoms with Gasteiger partial charge < -0.3 is 4.98 Å². The number of nitrogens with one attached hydrogen (secondary N) is 1. The van der Waals surface area contributed by atoms with Crippen LogP contribution in [0.2, 0.25) is 0 Å². The summed E-state index contributed by atoms with van der Waals surface area (Å²) < 4.78 is 37.3. The summed E-state index contributed by atoms with van der Waals surface area (Å²) in [5, 5.41) is 0.389. The van der Waals surface area contributed by atoms with Gasteiger partial charge in [-0.1, -0.05) is 12.1 Å². The summed E-state index contributed by atoms with van der Waals surface area (Å²) in [6.07, 6.45) is -4.42. The fourth-order valence-electron chi connectivity index (χ4n) is 1.60. The third kappa shape index (κ3) is 1.68. The molecule has 0 fully saturated rings. The van der Waals surface area contributed by atoms with Crippen LogP contribution in [0.5, 0.6) is 0 Å². The van der Waals surface area contributed by atoms with Gasteiger partial charge in [0.2, 0.25) is 0 Å². The highest BCUT2D eigenvalue weighted by Crippen LogP contribution is 2.32. The molecule has 2 rings (SSSR count). The zero-order chi connectivity index (χ0) is 11.9. The van der Waals surface area contributed by atoms with Crippen LogP contribution in [0.4, 0.5) is 13.2 Å². The van der Waals surface area contributed by atoms with E-state index in [1.165, 1.54) is 19.1 Å². The highest BCUT2D eigenvalue weighted by atomic mass is 19.4. The van der Waals surface area contributed by atoms with E-state index in [0.717, 1.165) is 6.07 Å². The second-order valence-corrected chi connectivity index (χ2v) is 3.51. The van der Waals surface area contributed by atoms with Crippen LogP contribution in [-0.4, -0.2) is 10.8 Å². The third-order valence-corrected chi connectivity index (χ3v) is 2.34. The van der Waals surface area contributed by atoms with E-state index in [-0.39, 0.29) is 16.9 Å². The molecule has 0 aliphatic rings. The number of ketones is 1. The maximum atomic E-state index is 12.4. The molecule has 5 heteroatoms. The second kappa shape index (κ2) is 3.37. The van der Waals surface area contributed by atoms with Gasteiger partial charge in [0, 0.05) is 10.9 Å². The Morgan fingerprint density at radius 2 is 2.00 bits per heavy atom. The normalized spacial score (nSPS) is 12.0. The highest BCUT2D eigenvalue weighted by Gasteiger charge is 2.32. The first kappa shape index (κ1) is 10.7. The number of carbonyl (C=O) groups is 1. The summed E-state index contributed by atoms with van der Waals surface area (Å²) in [6.45, 7) is 1.32. The molecule has 16 heavy (non-hydrogen) atoms. The number of aromatic nitrogens is 1. The number of carbonyl (C=O) groups excluding carboxylic acids is 1. The molecule has 2 aromatic rings. The Balaban J connectivity index is 2.71. The number of halogens is 3. The zero-order valence-electron chi connectivity index (χ0n) is 8.35. The van der Waals surface area contributed by atoms with E-state index in [0.29, 0.717) is 5.39 Å². The molecule has 2 nitrogen and oxygen atoms in total. The molecule has 0 aliphatic heterocycles. The first-order valence-electron chi connectivity index (χ1n) is 4.59.